The number of unbranched alkanes of at least 4 members (excludes halogenated alkanes) is 23. The van der Waals surface area contributed by atoms with Crippen LogP contribution in [0, 0.1) is 11.8 Å². The number of nitrogens with one attached hydrogen (secondary N) is 3. The summed E-state index contributed by atoms with van der Waals surface area (Å²) in [5.74, 6) is -0.0316. The maximum atomic E-state index is 13.1. The van der Waals surface area contributed by atoms with Gasteiger partial charge in [0.05, 0.1) is 30.9 Å². The Balaban J connectivity index is 0. The summed E-state index contributed by atoms with van der Waals surface area (Å²) >= 11 is 0. The van der Waals surface area contributed by atoms with Gasteiger partial charge in [-0.15, -0.1) is 0 Å². The summed E-state index contributed by atoms with van der Waals surface area (Å²) < 4.78 is 11.5. The fourth-order valence-corrected chi connectivity index (χ4v) is 8.06. The summed E-state index contributed by atoms with van der Waals surface area (Å²) in [4.78, 5) is 51.9. The number of carbonyl (C=O) groups is 4. The average molecular weight is 921 g/mol. The molecule has 0 fully saturated rings. The number of esters is 2. The Kier molecular flexibility index (Phi) is 50.1. The Hall–Kier alpha value is -2.78. The molecule has 0 saturated carbocycles. The first-order valence-corrected chi connectivity index (χ1v) is 27.7. The van der Waals surface area contributed by atoms with Gasteiger partial charge in [-0.25, -0.2) is 0 Å². The third-order valence-electron chi connectivity index (χ3n) is 12.1. The van der Waals surface area contributed by atoms with E-state index in [9.17, 15) is 19.2 Å². The van der Waals surface area contributed by atoms with Crippen LogP contribution in [0.1, 0.15) is 273 Å². The van der Waals surface area contributed by atoms with Crippen LogP contribution in [0.2, 0.25) is 0 Å². The first-order valence-electron chi connectivity index (χ1n) is 27.7. The monoisotopic (exact) mass is 921 g/mol. The maximum Gasteiger partial charge on any atom is 0.308 e. The quantitative estimate of drug-likeness (QED) is 0.0348. The average Bonchev–Trinajstić information content (AvgIpc) is 3.28. The lowest BCUT2D eigenvalue weighted by molar-refractivity contribution is -0.150. The van der Waals surface area contributed by atoms with Gasteiger partial charge in [0.1, 0.15) is 6.04 Å². The van der Waals surface area contributed by atoms with E-state index in [0.717, 1.165) is 103 Å². The minimum atomic E-state index is -0.666. The van der Waals surface area contributed by atoms with Gasteiger partial charge >= 0.3 is 11.9 Å². The molecule has 0 rings (SSSR count). The van der Waals surface area contributed by atoms with E-state index in [1.54, 1.807) is 0 Å². The lowest BCUT2D eigenvalue weighted by atomic mass is 9.94. The third kappa shape index (κ3) is 44.8. The zero-order chi connectivity index (χ0) is 48.4. The molecule has 0 aromatic rings. The molecular formula is C55H108N4O6. The molecule has 3 atom stereocenters. The minimum absolute atomic E-state index is 0.00502. The van der Waals surface area contributed by atoms with Gasteiger partial charge in [-0.05, 0) is 64.2 Å². The van der Waals surface area contributed by atoms with Crippen molar-refractivity contribution in [2.24, 2.45) is 17.6 Å². The lowest BCUT2D eigenvalue weighted by Gasteiger charge is -2.19. The van der Waals surface area contributed by atoms with Crippen molar-refractivity contribution in [3.8, 4) is 0 Å². The van der Waals surface area contributed by atoms with Crippen LogP contribution in [0.4, 0.5) is 0 Å². The zero-order valence-electron chi connectivity index (χ0n) is 43.8. The molecule has 0 bridgehead atoms. The van der Waals surface area contributed by atoms with Crippen molar-refractivity contribution in [3.63, 3.8) is 0 Å². The van der Waals surface area contributed by atoms with Crippen LogP contribution in [-0.4, -0.2) is 56.1 Å². The fraction of sp³-hybridized carbons (Fsp3) is 0.891. The Labute approximate surface area is 402 Å². The zero-order valence-corrected chi connectivity index (χ0v) is 43.8. The van der Waals surface area contributed by atoms with Crippen molar-refractivity contribution in [1.82, 2.24) is 16.0 Å². The van der Waals surface area contributed by atoms with E-state index in [-0.39, 0.29) is 35.6 Å². The summed E-state index contributed by atoms with van der Waals surface area (Å²) in [6.45, 7) is 18.7. The third-order valence-corrected chi connectivity index (χ3v) is 12.1. The Morgan fingerprint density at radius 1 is 0.446 bits per heavy atom. The van der Waals surface area contributed by atoms with Crippen LogP contribution in [-0.2, 0) is 28.7 Å². The second-order valence-electron chi connectivity index (χ2n) is 18.8. The van der Waals surface area contributed by atoms with Crippen molar-refractivity contribution in [3.05, 3.63) is 12.4 Å². The van der Waals surface area contributed by atoms with E-state index in [2.05, 4.69) is 64.1 Å². The number of hydrogen-bond donors (Lipinski definition) is 4. The summed E-state index contributed by atoms with van der Waals surface area (Å²) in [7, 11) is 0. The van der Waals surface area contributed by atoms with Gasteiger partial charge in [-0.2, -0.15) is 0 Å². The van der Waals surface area contributed by atoms with E-state index in [1.165, 1.54) is 109 Å². The summed E-state index contributed by atoms with van der Waals surface area (Å²) in [5, 5.41) is 8.89. The minimum Gasteiger partial charge on any atom is -0.465 e. The SMILES string of the molecule is C=C(N)NCCC(NC(=O)CCCCCOC(=O)C(CCCCCC)CCCCCCCC)C(=O)NCCCCCCCCOC(=O)C(CCCCCC)CCCCCCCC.CCC. The molecule has 0 saturated heterocycles. The highest BCUT2D eigenvalue weighted by Gasteiger charge is 2.22. The predicted molar refractivity (Wildman–Crippen MR) is 275 cm³/mol. The van der Waals surface area contributed by atoms with E-state index in [4.69, 9.17) is 15.2 Å². The van der Waals surface area contributed by atoms with E-state index in [0.29, 0.717) is 51.4 Å². The van der Waals surface area contributed by atoms with Gasteiger partial charge in [-0.3, -0.25) is 19.2 Å². The molecule has 0 aliphatic carbocycles. The summed E-state index contributed by atoms with van der Waals surface area (Å²) in [5.41, 5.74) is 5.67. The number of hydrogen-bond acceptors (Lipinski definition) is 8. The molecule has 384 valence electrons. The van der Waals surface area contributed by atoms with Crippen molar-refractivity contribution < 1.29 is 28.7 Å². The number of rotatable bonds is 47. The van der Waals surface area contributed by atoms with Gasteiger partial charge in [0, 0.05) is 19.5 Å². The fourth-order valence-electron chi connectivity index (χ4n) is 8.06. The summed E-state index contributed by atoms with van der Waals surface area (Å²) in [6.07, 6.45) is 37.9. The normalized spacial score (nSPS) is 12.3. The van der Waals surface area contributed by atoms with E-state index >= 15 is 0 Å². The molecule has 0 heterocycles. The number of ether oxygens (including phenoxy) is 2. The molecule has 10 nitrogen and oxygen atoms in total. The Morgan fingerprint density at radius 3 is 1.22 bits per heavy atom. The van der Waals surface area contributed by atoms with Crippen LogP contribution < -0.4 is 21.7 Å². The molecule has 5 N–H and O–H groups in total. The molecule has 0 aromatic carbocycles. The van der Waals surface area contributed by atoms with Crippen molar-refractivity contribution in [2.45, 2.75) is 279 Å². The predicted octanol–water partition coefficient (Wildman–Crippen LogP) is 14.1. The van der Waals surface area contributed by atoms with Crippen molar-refractivity contribution in [1.29, 1.82) is 0 Å². The van der Waals surface area contributed by atoms with Crippen LogP contribution in [0.3, 0.4) is 0 Å². The number of nitrogens with two attached hydrogens (primary N) is 1. The molecule has 3 unspecified atom stereocenters. The highest BCUT2D eigenvalue weighted by atomic mass is 16.5. The molecule has 0 aliphatic heterocycles. The van der Waals surface area contributed by atoms with E-state index < -0.39 is 6.04 Å². The molecule has 0 aliphatic rings. The molecule has 0 radical (unpaired) electrons. The van der Waals surface area contributed by atoms with Gasteiger partial charge in [0.25, 0.3) is 0 Å². The highest BCUT2D eigenvalue weighted by Crippen LogP contribution is 2.22. The van der Waals surface area contributed by atoms with Gasteiger partial charge in [0.15, 0.2) is 0 Å². The largest absolute Gasteiger partial charge is 0.465 e. The van der Waals surface area contributed by atoms with Crippen LogP contribution in [0.15, 0.2) is 12.4 Å². The van der Waals surface area contributed by atoms with Gasteiger partial charge in [-0.1, -0.05) is 209 Å². The second-order valence-corrected chi connectivity index (χ2v) is 18.8. The molecular weight excluding hydrogens is 813 g/mol. The van der Waals surface area contributed by atoms with Crippen molar-refractivity contribution in [2.75, 3.05) is 26.3 Å². The lowest BCUT2D eigenvalue weighted by Crippen LogP contribution is -2.48. The molecule has 65 heavy (non-hydrogen) atoms. The van der Waals surface area contributed by atoms with Gasteiger partial charge < -0.3 is 31.2 Å². The standard InChI is InChI=1S/C52H100N4O6.C3H8/c1-6-10-14-18-22-29-37-46(35-27-16-12-8-3)51(59)61-43-33-25-21-20-24-32-41-55-50(58)48(40-42-54-45(5)53)56-49(57)39-31-26-34-44-62-52(60)47(36-28-17-13-9-4)38-30-23-19-15-11-7-2;1-3-2/h46-48,54H,5-44,53H2,1-4H3,(H,55,58)(H,56,57);3H2,1-2H3. The molecule has 0 spiro atoms. The molecule has 10 heteroatoms. The highest BCUT2D eigenvalue weighted by molar-refractivity contribution is 5.87. The smallest absolute Gasteiger partial charge is 0.308 e. The maximum absolute atomic E-state index is 13.1. The van der Waals surface area contributed by atoms with Crippen LogP contribution in [0.25, 0.3) is 0 Å². The Bertz CT molecular complexity index is 1100. The first kappa shape index (κ1) is 64.3. The Morgan fingerprint density at radius 2 is 0.800 bits per heavy atom. The van der Waals surface area contributed by atoms with Crippen molar-refractivity contribution >= 4 is 23.8 Å². The van der Waals surface area contributed by atoms with E-state index in [1.807, 2.05) is 0 Å². The topological polar surface area (TPSA) is 149 Å². The van der Waals surface area contributed by atoms with Crippen LogP contribution in [0.5, 0.6) is 0 Å². The summed E-state index contributed by atoms with van der Waals surface area (Å²) in [6, 6.07) is -0.666. The van der Waals surface area contributed by atoms with Crippen LogP contribution >= 0.6 is 0 Å². The molecule has 0 aromatic heterocycles. The number of amides is 2. The molecule has 2 amide bonds. The van der Waals surface area contributed by atoms with Gasteiger partial charge in [0.2, 0.25) is 11.8 Å². The first-order chi connectivity index (χ1) is 31.6. The number of carbonyl (C=O) groups excluding carboxylic acids is 4. The second kappa shape index (κ2) is 50.6.